The van der Waals surface area contributed by atoms with Gasteiger partial charge >= 0.3 is 5.69 Å². The summed E-state index contributed by atoms with van der Waals surface area (Å²) >= 11 is 0. The third-order valence-electron chi connectivity index (χ3n) is 1.60. The number of hydrogen-bond acceptors (Lipinski definition) is 5. The smallest absolute Gasteiger partial charge is 0.258 e. The quantitative estimate of drug-likeness (QED) is 0.456. The second-order valence-corrected chi connectivity index (χ2v) is 2.54. The van der Waals surface area contributed by atoms with Gasteiger partial charge in [-0.05, 0) is 5.34 Å². The number of hydrogen-bond donors (Lipinski definition) is 0. The minimum Gasteiger partial charge on any atom is -0.258 e. The van der Waals surface area contributed by atoms with Crippen molar-refractivity contribution < 1.29 is 23.2 Å². The van der Waals surface area contributed by atoms with Gasteiger partial charge in [0.1, 0.15) is 0 Å². The first kappa shape index (κ1) is 11.7. The summed E-state index contributed by atoms with van der Waals surface area (Å²) in [4.78, 5) is 18.1. The first-order valence-electron chi connectivity index (χ1n) is 3.58. The standard InChI is InChI=1S/C6H2F3N3O4/c7-4-1-3(11(13)14)2-5(12(15)16)6(4)10(8)9/h1-2H. The summed E-state index contributed by atoms with van der Waals surface area (Å²) in [5.41, 5.74) is -3.97. The molecule has 0 amide bonds. The topological polar surface area (TPSA) is 89.5 Å². The summed E-state index contributed by atoms with van der Waals surface area (Å²) in [5.74, 6) is -1.74. The normalized spacial score (nSPS) is 9.94. The van der Waals surface area contributed by atoms with Gasteiger partial charge in [0, 0.05) is 0 Å². The van der Waals surface area contributed by atoms with E-state index in [2.05, 4.69) is 0 Å². The molecule has 0 unspecified atom stereocenters. The average Bonchev–Trinajstić information content (AvgIpc) is 2.15. The number of halogens is 3. The highest BCUT2D eigenvalue weighted by Gasteiger charge is 2.29. The Morgan fingerprint density at radius 2 is 1.69 bits per heavy atom. The molecule has 0 heterocycles. The number of nitro groups is 2. The van der Waals surface area contributed by atoms with Gasteiger partial charge in [0.2, 0.25) is 5.69 Å². The Labute approximate surface area is 84.9 Å². The Kier molecular flexibility index (Phi) is 2.92. The predicted molar refractivity (Wildman–Crippen MR) is 44.4 cm³/mol. The summed E-state index contributed by atoms with van der Waals surface area (Å²) in [6.07, 6.45) is 0. The Morgan fingerprint density at radius 3 is 2.06 bits per heavy atom. The van der Waals surface area contributed by atoms with Crippen molar-refractivity contribution in [1.29, 1.82) is 0 Å². The van der Waals surface area contributed by atoms with Gasteiger partial charge in [0.05, 0.1) is 22.0 Å². The molecule has 0 saturated heterocycles. The van der Waals surface area contributed by atoms with Crippen LogP contribution in [0.5, 0.6) is 0 Å². The second-order valence-electron chi connectivity index (χ2n) is 2.54. The molecule has 0 N–H and O–H groups in total. The fourth-order valence-electron chi connectivity index (χ4n) is 0.983. The van der Waals surface area contributed by atoms with E-state index in [-0.39, 0.29) is 12.1 Å². The summed E-state index contributed by atoms with van der Waals surface area (Å²) < 4.78 is 37.2. The number of benzene rings is 1. The molecular formula is C6H2F3N3O4. The van der Waals surface area contributed by atoms with Crippen molar-refractivity contribution in [2.75, 3.05) is 5.34 Å². The lowest BCUT2D eigenvalue weighted by Crippen LogP contribution is -2.05. The van der Waals surface area contributed by atoms with Crippen molar-refractivity contribution in [1.82, 2.24) is 0 Å². The monoisotopic (exact) mass is 237 g/mol. The molecular weight excluding hydrogens is 235 g/mol. The fourth-order valence-corrected chi connectivity index (χ4v) is 0.983. The average molecular weight is 237 g/mol. The van der Waals surface area contributed by atoms with Crippen molar-refractivity contribution in [2.24, 2.45) is 0 Å². The molecule has 0 saturated carbocycles. The van der Waals surface area contributed by atoms with Crippen molar-refractivity contribution >= 4 is 17.1 Å². The minimum atomic E-state index is -1.81. The SMILES string of the molecule is O=[N+]([O-])c1cc(F)c(N(F)F)c([N+](=O)[O-])c1. The van der Waals surface area contributed by atoms with Crippen LogP contribution >= 0.6 is 0 Å². The van der Waals surface area contributed by atoms with Crippen LogP contribution in [0.1, 0.15) is 0 Å². The van der Waals surface area contributed by atoms with Crippen LogP contribution in [-0.4, -0.2) is 9.85 Å². The number of rotatable bonds is 3. The molecule has 16 heavy (non-hydrogen) atoms. The second kappa shape index (κ2) is 4.00. The van der Waals surface area contributed by atoms with Crippen LogP contribution in [-0.2, 0) is 0 Å². The zero-order chi connectivity index (χ0) is 12.5. The maximum atomic E-state index is 13.0. The van der Waals surface area contributed by atoms with Crippen LogP contribution < -0.4 is 5.34 Å². The van der Waals surface area contributed by atoms with Crippen LogP contribution in [0.15, 0.2) is 12.1 Å². The van der Waals surface area contributed by atoms with Crippen LogP contribution in [0.2, 0.25) is 0 Å². The Hall–Kier alpha value is -2.39. The van der Waals surface area contributed by atoms with Crippen molar-refractivity contribution in [2.45, 2.75) is 0 Å². The summed E-state index contributed by atoms with van der Waals surface area (Å²) in [7, 11) is 0. The van der Waals surface area contributed by atoms with Crippen molar-refractivity contribution in [3.05, 3.63) is 38.2 Å². The van der Waals surface area contributed by atoms with Gasteiger partial charge in [-0.1, -0.05) is 8.96 Å². The van der Waals surface area contributed by atoms with E-state index in [0.29, 0.717) is 0 Å². The molecule has 86 valence electrons. The third-order valence-corrected chi connectivity index (χ3v) is 1.60. The van der Waals surface area contributed by atoms with E-state index in [1.54, 1.807) is 0 Å². The molecule has 1 aromatic rings. The number of nitro benzene ring substituents is 2. The minimum absolute atomic E-state index is 0.175. The summed E-state index contributed by atoms with van der Waals surface area (Å²) in [6, 6.07) is 0.430. The molecule has 0 spiro atoms. The van der Waals surface area contributed by atoms with Crippen LogP contribution in [0, 0.1) is 26.0 Å². The van der Waals surface area contributed by atoms with E-state index in [9.17, 15) is 33.6 Å². The lowest BCUT2D eigenvalue weighted by molar-refractivity contribution is -0.394. The van der Waals surface area contributed by atoms with Crippen molar-refractivity contribution in [3.63, 3.8) is 0 Å². The zero-order valence-corrected chi connectivity index (χ0v) is 7.26. The molecule has 10 heteroatoms. The third kappa shape index (κ3) is 1.99. The van der Waals surface area contributed by atoms with E-state index in [0.717, 1.165) is 0 Å². The molecule has 0 atom stereocenters. The van der Waals surface area contributed by atoms with E-state index in [1.165, 1.54) is 0 Å². The molecule has 0 bridgehead atoms. The van der Waals surface area contributed by atoms with Gasteiger partial charge in [0.15, 0.2) is 5.82 Å². The van der Waals surface area contributed by atoms with Crippen LogP contribution in [0.3, 0.4) is 0 Å². The molecule has 0 aliphatic heterocycles. The van der Waals surface area contributed by atoms with Crippen LogP contribution in [0.4, 0.5) is 30.4 Å². The Balaban J connectivity index is 3.52. The molecule has 0 radical (unpaired) electrons. The first-order chi connectivity index (χ1) is 7.34. The highest BCUT2D eigenvalue weighted by Crippen LogP contribution is 2.35. The van der Waals surface area contributed by atoms with Gasteiger partial charge in [0.25, 0.3) is 5.69 Å². The number of nitrogens with zero attached hydrogens (tertiary/aromatic N) is 3. The van der Waals surface area contributed by atoms with Crippen LogP contribution in [0.25, 0.3) is 0 Å². The largest absolute Gasteiger partial charge is 0.308 e. The van der Waals surface area contributed by atoms with E-state index >= 15 is 0 Å². The lowest BCUT2D eigenvalue weighted by atomic mass is 10.2. The highest BCUT2D eigenvalue weighted by molar-refractivity contribution is 5.65. The van der Waals surface area contributed by atoms with Gasteiger partial charge in [-0.15, -0.1) is 0 Å². The molecule has 0 fully saturated rings. The Morgan fingerprint density at radius 1 is 1.12 bits per heavy atom. The molecule has 1 aromatic carbocycles. The van der Waals surface area contributed by atoms with Gasteiger partial charge < -0.3 is 0 Å². The van der Waals surface area contributed by atoms with Gasteiger partial charge in [-0.25, -0.2) is 4.39 Å². The van der Waals surface area contributed by atoms with Crippen molar-refractivity contribution in [3.8, 4) is 0 Å². The Bertz CT molecular complexity index is 465. The van der Waals surface area contributed by atoms with E-state index in [1.807, 2.05) is 0 Å². The number of non-ortho nitro benzene ring substituents is 1. The molecule has 0 aromatic heterocycles. The van der Waals surface area contributed by atoms with E-state index < -0.39 is 38.1 Å². The molecule has 7 nitrogen and oxygen atoms in total. The summed E-state index contributed by atoms with van der Waals surface area (Å²) in [6.45, 7) is 0. The fraction of sp³-hybridized carbons (Fsp3) is 0. The highest BCUT2D eigenvalue weighted by atomic mass is 19.4. The van der Waals surface area contributed by atoms with Gasteiger partial charge in [-0.3, -0.25) is 20.2 Å². The predicted octanol–water partition coefficient (Wildman–Crippen LogP) is 2.22. The lowest BCUT2D eigenvalue weighted by Gasteiger charge is -2.04. The number of anilines is 1. The first-order valence-corrected chi connectivity index (χ1v) is 3.58. The molecule has 0 aliphatic carbocycles. The van der Waals surface area contributed by atoms with E-state index in [4.69, 9.17) is 0 Å². The maximum Gasteiger partial charge on any atom is 0.308 e. The molecule has 0 aliphatic rings. The maximum absolute atomic E-state index is 13.0. The molecule has 1 rings (SSSR count). The van der Waals surface area contributed by atoms with Gasteiger partial charge in [-0.2, -0.15) is 0 Å². The summed E-state index contributed by atoms with van der Waals surface area (Å²) in [5, 5.41) is 18.7. The zero-order valence-electron chi connectivity index (χ0n) is 7.26.